The minimum Gasteiger partial charge on any atom is -0.340 e. The molecule has 2 aliphatic carbocycles. The Morgan fingerprint density at radius 3 is 1.78 bits per heavy atom. The summed E-state index contributed by atoms with van der Waals surface area (Å²) in [4.78, 5) is 46.7. The number of hydrogen-bond acceptors (Lipinski definition) is 4. The van der Waals surface area contributed by atoms with Crippen molar-refractivity contribution in [3.05, 3.63) is 59.6 Å². The second-order valence-corrected chi connectivity index (χ2v) is 14.1. The van der Waals surface area contributed by atoms with Gasteiger partial charge in [-0.05, 0) is 86.8 Å². The molecule has 2 N–H and O–H groups in total. The van der Waals surface area contributed by atoms with Crippen molar-refractivity contribution in [3.8, 4) is 23.1 Å². The Labute approximate surface area is 273 Å². The number of amides is 2. The summed E-state index contributed by atoms with van der Waals surface area (Å²) in [5, 5.41) is 0. The summed E-state index contributed by atoms with van der Waals surface area (Å²) < 4.78 is 0. The molecule has 2 aliphatic heterocycles. The quantitative estimate of drug-likeness (QED) is 0.268. The number of likely N-dealkylation sites (tertiary alicyclic amines) is 2. The lowest BCUT2D eigenvalue weighted by Gasteiger charge is -2.27. The molecule has 0 spiro atoms. The molecule has 2 saturated heterocycles. The van der Waals surface area contributed by atoms with Crippen molar-refractivity contribution < 1.29 is 9.59 Å². The van der Waals surface area contributed by atoms with Crippen molar-refractivity contribution in [1.82, 2.24) is 29.7 Å². The lowest BCUT2D eigenvalue weighted by atomic mass is 9.86. The van der Waals surface area contributed by atoms with Gasteiger partial charge in [0.05, 0.1) is 30.2 Å². The second kappa shape index (κ2) is 14.3. The average Bonchev–Trinajstić information content (AvgIpc) is 3.91. The lowest BCUT2D eigenvalue weighted by molar-refractivity contribution is -0.134. The number of benzene rings is 1. The van der Waals surface area contributed by atoms with E-state index in [1.165, 1.54) is 64.2 Å². The topological polar surface area (TPSA) is 98.0 Å². The molecule has 4 aliphatic rings. The van der Waals surface area contributed by atoms with E-state index in [2.05, 4.69) is 43.8 Å². The standard InChI is InChI=1S/C38H48N6O2/c45-35(23-28-9-3-1-4-10-28)43-21-7-13-33(43)37-39-25-31(41-37)20-17-27-15-18-30(19-16-27)32-26-40-38(42-32)34-14-8-22-44(34)36(46)24-29-11-5-2-6-12-29/h15-16,18-19,25-26,28-29,33-34H,1-14,21-24H2,(H,39,41)(H,40,42)/t33-,34-/m0/s1. The fourth-order valence-corrected chi connectivity index (χ4v) is 8.30. The van der Waals surface area contributed by atoms with Gasteiger partial charge in [-0.25, -0.2) is 9.97 Å². The van der Waals surface area contributed by atoms with E-state index in [0.29, 0.717) is 30.6 Å². The highest BCUT2D eigenvalue weighted by atomic mass is 16.2. The predicted octanol–water partition coefficient (Wildman–Crippen LogP) is 7.47. The van der Waals surface area contributed by atoms with Gasteiger partial charge in [-0.2, -0.15) is 0 Å². The largest absolute Gasteiger partial charge is 0.340 e. The van der Waals surface area contributed by atoms with Crippen LogP contribution in [0.5, 0.6) is 0 Å². The SMILES string of the molecule is O=C(CC1CCCCC1)N1CCC[C@H]1c1ncc(C#Cc2ccc(-c3cnc([C@@H]4CCCN4C(=O)CC4CCCCC4)[nH]3)cc2)[nH]1. The molecule has 7 rings (SSSR count). The number of nitrogens with one attached hydrogen (secondary N) is 2. The molecule has 2 amide bonds. The number of H-pyrrole nitrogens is 2. The van der Waals surface area contributed by atoms with Crippen LogP contribution in [0.1, 0.15) is 138 Å². The normalized spacial score (nSPS) is 22.6. The van der Waals surface area contributed by atoms with E-state index >= 15 is 0 Å². The zero-order valence-electron chi connectivity index (χ0n) is 27.1. The number of carbonyl (C=O) groups is 2. The number of hydrogen-bond donors (Lipinski definition) is 2. The molecule has 242 valence electrons. The second-order valence-electron chi connectivity index (χ2n) is 14.1. The fraction of sp³-hybridized carbons (Fsp3) is 0.579. The van der Waals surface area contributed by atoms with E-state index in [0.717, 1.165) is 72.9 Å². The first-order valence-corrected chi connectivity index (χ1v) is 17.9. The van der Waals surface area contributed by atoms with Crippen molar-refractivity contribution in [2.24, 2.45) is 11.8 Å². The number of rotatable bonds is 7. The van der Waals surface area contributed by atoms with Gasteiger partial charge < -0.3 is 19.8 Å². The van der Waals surface area contributed by atoms with Crippen LogP contribution in [0.15, 0.2) is 36.7 Å². The van der Waals surface area contributed by atoms with Crippen LogP contribution in [-0.2, 0) is 9.59 Å². The summed E-state index contributed by atoms with van der Waals surface area (Å²) in [7, 11) is 0. The molecule has 0 unspecified atom stereocenters. The van der Waals surface area contributed by atoms with Gasteiger partial charge in [0.15, 0.2) is 0 Å². The Kier molecular flexibility index (Phi) is 9.55. The van der Waals surface area contributed by atoms with Gasteiger partial charge in [0.1, 0.15) is 17.3 Å². The van der Waals surface area contributed by atoms with Gasteiger partial charge in [-0.1, -0.05) is 56.6 Å². The smallest absolute Gasteiger partial charge is 0.223 e. The van der Waals surface area contributed by atoms with Gasteiger partial charge in [0, 0.05) is 31.5 Å². The van der Waals surface area contributed by atoms with Crippen LogP contribution in [0.2, 0.25) is 0 Å². The van der Waals surface area contributed by atoms with E-state index in [-0.39, 0.29) is 18.0 Å². The first-order chi connectivity index (χ1) is 22.6. The minimum absolute atomic E-state index is 0.0246. The Bertz CT molecular complexity index is 1550. The first kappa shape index (κ1) is 30.8. The molecule has 2 aromatic heterocycles. The monoisotopic (exact) mass is 620 g/mol. The molecule has 1 aromatic carbocycles. The van der Waals surface area contributed by atoms with Crippen molar-refractivity contribution in [3.63, 3.8) is 0 Å². The van der Waals surface area contributed by atoms with Crippen molar-refractivity contribution >= 4 is 11.8 Å². The number of imidazole rings is 2. The van der Waals surface area contributed by atoms with E-state index in [1.807, 2.05) is 23.2 Å². The lowest BCUT2D eigenvalue weighted by Crippen LogP contribution is -2.32. The highest BCUT2D eigenvalue weighted by Crippen LogP contribution is 2.35. The van der Waals surface area contributed by atoms with E-state index in [9.17, 15) is 9.59 Å². The van der Waals surface area contributed by atoms with Gasteiger partial charge in [0.2, 0.25) is 11.8 Å². The van der Waals surface area contributed by atoms with Crippen LogP contribution in [0.3, 0.4) is 0 Å². The zero-order chi connectivity index (χ0) is 31.3. The number of carbonyl (C=O) groups excluding carboxylic acids is 2. The summed E-state index contributed by atoms with van der Waals surface area (Å²) in [6.45, 7) is 1.65. The van der Waals surface area contributed by atoms with Crippen LogP contribution in [-0.4, -0.2) is 54.6 Å². The fourth-order valence-electron chi connectivity index (χ4n) is 8.30. The van der Waals surface area contributed by atoms with E-state index < -0.39 is 0 Å². The molecule has 0 radical (unpaired) electrons. The van der Waals surface area contributed by atoms with Crippen LogP contribution in [0.4, 0.5) is 0 Å². The molecular formula is C38H48N6O2. The highest BCUT2D eigenvalue weighted by Gasteiger charge is 2.34. The van der Waals surface area contributed by atoms with Crippen molar-refractivity contribution in [1.29, 1.82) is 0 Å². The summed E-state index contributed by atoms with van der Waals surface area (Å²) >= 11 is 0. The van der Waals surface area contributed by atoms with Gasteiger partial charge in [-0.15, -0.1) is 0 Å². The van der Waals surface area contributed by atoms with Crippen LogP contribution >= 0.6 is 0 Å². The van der Waals surface area contributed by atoms with Gasteiger partial charge in [0.25, 0.3) is 0 Å². The summed E-state index contributed by atoms with van der Waals surface area (Å²) in [5.41, 5.74) is 3.69. The third kappa shape index (κ3) is 7.09. The van der Waals surface area contributed by atoms with Gasteiger partial charge in [-0.3, -0.25) is 9.59 Å². The maximum absolute atomic E-state index is 13.2. The maximum Gasteiger partial charge on any atom is 0.223 e. The predicted molar refractivity (Wildman–Crippen MR) is 178 cm³/mol. The number of aromatic amines is 2. The van der Waals surface area contributed by atoms with E-state index in [4.69, 9.17) is 4.98 Å². The molecule has 8 heteroatoms. The molecule has 8 nitrogen and oxygen atoms in total. The molecule has 0 bridgehead atoms. The molecule has 4 fully saturated rings. The minimum atomic E-state index is 0.0246. The molecule has 46 heavy (non-hydrogen) atoms. The molecule has 3 aromatic rings. The van der Waals surface area contributed by atoms with Crippen LogP contribution in [0.25, 0.3) is 11.3 Å². The van der Waals surface area contributed by atoms with E-state index in [1.54, 1.807) is 6.20 Å². The molecule has 2 atom stereocenters. The Balaban J connectivity index is 0.957. The Hall–Kier alpha value is -3.86. The highest BCUT2D eigenvalue weighted by molar-refractivity contribution is 5.77. The zero-order valence-corrected chi connectivity index (χ0v) is 27.1. The number of nitrogens with zero attached hydrogens (tertiary/aromatic N) is 4. The third-order valence-electron chi connectivity index (χ3n) is 10.9. The summed E-state index contributed by atoms with van der Waals surface area (Å²) in [6, 6.07) is 8.25. The van der Waals surface area contributed by atoms with Gasteiger partial charge >= 0.3 is 0 Å². The van der Waals surface area contributed by atoms with Crippen molar-refractivity contribution in [2.45, 2.75) is 115 Å². The average molecular weight is 621 g/mol. The Morgan fingerprint density at radius 2 is 1.20 bits per heavy atom. The third-order valence-corrected chi connectivity index (χ3v) is 10.9. The Morgan fingerprint density at radius 1 is 0.652 bits per heavy atom. The molecule has 2 saturated carbocycles. The van der Waals surface area contributed by atoms with Crippen LogP contribution < -0.4 is 0 Å². The summed E-state index contributed by atoms with van der Waals surface area (Å²) in [6.07, 6.45) is 21.4. The maximum atomic E-state index is 13.2. The number of aromatic nitrogens is 4. The summed E-state index contributed by atoms with van der Waals surface area (Å²) in [5.74, 6) is 9.91. The van der Waals surface area contributed by atoms with Crippen molar-refractivity contribution in [2.75, 3.05) is 13.1 Å². The molecule has 4 heterocycles. The first-order valence-electron chi connectivity index (χ1n) is 17.9. The molecular weight excluding hydrogens is 572 g/mol. The van der Waals surface area contributed by atoms with Crippen LogP contribution in [0, 0.1) is 23.7 Å².